The lowest BCUT2D eigenvalue weighted by Crippen LogP contribution is -2.57. The molecular weight excluding hydrogens is 423 g/mol. The predicted octanol–water partition coefficient (Wildman–Crippen LogP) is 1.40. The first kappa shape index (κ1) is 23.0. The average molecular weight is 445 g/mol. The summed E-state index contributed by atoms with van der Waals surface area (Å²) >= 11 is 1.67. The van der Waals surface area contributed by atoms with Crippen molar-refractivity contribution in [2.24, 2.45) is 0 Å². The normalized spacial score (nSPS) is 21.1. The fourth-order valence-electron chi connectivity index (χ4n) is 3.11. The molecule has 28 heavy (non-hydrogen) atoms. The summed E-state index contributed by atoms with van der Waals surface area (Å²) in [4.78, 5) is 15.6. The third-order valence-corrected chi connectivity index (χ3v) is 6.58. The molecule has 1 spiro atoms. The van der Waals surface area contributed by atoms with Crippen LogP contribution in [0.4, 0.5) is 13.2 Å². The highest BCUT2D eigenvalue weighted by Gasteiger charge is 2.41. The van der Waals surface area contributed by atoms with Crippen LogP contribution >= 0.6 is 11.3 Å². The number of morpholine rings is 1. The maximum Gasteiger partial charge on any atom is 0.490 e. The number of carboxylic acids is 1. The first-order valence-corrected chi connectivity index (χ1v) is 11.1. The van der Waals surface area contributed by atoms with Gasteiger partial charge < -0.3 is 9.84 Å². The van der Waals surface area contributed by atoms with Crippen molar-refractivity contribution in [2.75, 3.05) is 39.0 Å². The number of ether oxygens (including phenoxy) is 1. The summed E-state index contributed by atoms with van der Waals surface area (Å²) < 4.78 is 62.5. The molecule has 3 rings (SSSR count). The lowest BCUT2D eigenvalue weighted by Gasteiger charge is -2.46. The maximum absolute atomic E-state index is 11.6. The Morgan fingerprint density at radius 3 is 2.43 bits per heavy atom. The SMILES string of the molecule is CS(=O)(=O)N1CCC2(CC1)CN(Cc1nccs1)CCO2.O=C(O)C(F)(F)F. The molecule has 0 radical (unpaired) electrons. The summed E-state index contributed by atoms with van der Waals surface area (Å²) in [5, 5.41) is 10.2. The van der Waals surface area contributed by atoms with E-state index in [0.717, 1.165) is 37.5 Å². The molecule has 0 atom stereocenters. The number of piperidine rings is 1. The largest absolute Gasteiger partial charge is 0.490 e. The third-order valence-electron chi connectivity index (χ3n) is 4.52. The molecule has 0 amide bonds. The lowest BCUT2D eigenvalue weighted by molar-refractivity contribution is -0.192. The number of hydrogen-bond acceptors (Lipinski definition) is 7. The summed E-state index contributed by atoms with van der Waals surface area (Å²) in [6.07, 6.45) is -0.425. The van der Waals surface area contributed by atoms with Gasteiger partial charge in [0.2, 0.25) is 10.0 Å². The van der Waals surface area contributed by atoms with E-state index in [4.69, 9.17) is 14.6 Å². The number of sulfonamides is 1. The van der Waals surface area contributed by atoms with Crippen LogP contribution in [0.3, 0.4) is 0 Å². The number of rotatable bonds is 3. The van der Waals surface area contributed by atoms with E-state index in [9.17, 15) is 21.6 Å². The van der Waals surface area contributed by atoms with Crippen molar-refractivity contribution in [3.8, 4) is 0 Å². The van der Waals surface area contributed by atoms with Gasteiger partial charge in [0.15, 0.2) is 0 Å². The number of carbonyl (C=O) groups is 1. The Bertz CT molecular complexity index is 747. The second-order valence-electron chi connectivity index (χ2n) is 6.63. The standard InChI is InChI=1S/C13H21N3O3S2.C2HF3O2/c1-21(17,18)16-5-2-13(3-6-16)11-15(7-8-19-13)10-12-14-4-9-20-12;3-2(4,5)1(6)7/h4,9H,2-3,5-8,10-11H2,1H3;(H,6,7). The van der Waals surface area contributed by atoms with Crippen LogP contribution in [0.5, 0.6) is 0 Å². The topological polar surface area (TPSA) is 100 Å². The first-order chi connectivity index (χ1) is 12.9. The molecule has 1 aromatic heterocycles. The molecular formula is C15H22F3N3O5S2. The van der Waals surface area contributed by atoms with Crippen LogP contribution in [0.15, 0.2) is 11.6 Å². The van der Waals surface area contributed by atoms with Gasteiger partial charge in [0.1, 0.15) is 5.01 Å². The first-order valence-electron chi connectivity index (χ1n) is 8.41. The average Bonchev–Trinajstić information content (AvgIpc) is 3.07. The van der Waals surface area contributed by atoms with Crippen molar-refractivity contribution in [1.29, 1.82) is 0 Å². The molecule has 0 aliphatic carbocycles. The number of alkyl halides is 3. The van der Waals surface area contributed by atoms with Crippen molar-refractivity contribution in [3.05, 3.63) is 16.6 Å². The Balaban J connectivity index is 0.000000345. The van der Waals surface area contributed by atoms with Crippen LogP contribution in [0.1, 0.15) is 17.8 Å². The molecule has 0 bridgehead atoms. The highest BCUT2D eigenvalue weighted by molar-refractivity contribution is 7.88. The zero-order chi connectivity index (χ0) is 21.0. The Morgan fingerprint density at radius 2 is 1.96 bits per heavy atom. The number of nitrogens with zero attached hydrogens (tertiary/aromatic N) is 3. The highest BCUT2D eigenvalue weighted by Crippen LogP contribution is 2.31. The molecule has 0 unspecified atom stereocenters. The van der Waals surface area contributed by atoms with Crippen LogP contribution in [0.25, 0.3) is 0 Å². The molecule has 0 aromatic carbocycles. The smallest absolute Gasteiger partial charge is 0.475 e. The number of carboxylic acid groups (broad SMARTS) is 1. The molecule has 3 heterocycles. The quantitative estimate of drug-likeness (QED) is 0.751. The van der Waals surface area contributed by atoms with Gasteiger partial charge in [-0.25, -0.2) is 22.5 Å². The number of aromatic nitrogens is 1. The van der Waals surface area contributed by atoms with Gasteiger partial charge >= 0.3 is 12.1 Å². The van der Waals surface area contributed by atoms with E-state index in [1.54, 1.807) is 15.6 Å². The molecule has 2 saturated heterocycles. The van der Waals surface area contributed by atoms with Gasteiger partial charge in [-0.3, -0.25) is 4.90 Å². The Kier molecular flexibility index (Phi) is 7.42. The van der Waals surface area contributed by atoms with E-state index in [1.807, 2.05) is 11.6 Å². The van der Waals surface area contributed by atoms with Gasteiger partial charge in [0.05, 0.1) is 25.0 Å². The minimum atomic E-state index is -5.08. The van der Waals surface area contributed by atoms with Crippen molar-refractivity contribution in [1.82, 2.24) is 14.2 Å². The molecule has 13 heteroatoms. The summed E-state index contributed by atoms with van der Waals surface area (Å²) in [5.41, 5.74) is -0.184. The van der Waals surface area contributed by atoms with Crippen molar-refractivity contribution < 1.29 is 36.2 Å². The Labute approximate surface area is 165 Å². The van der Waals surface area contributed by atoms with Crippen LogP contribution in [-0.4, -0.2) is 84.5 Å². The van der Waals surface area contributed by atoms with Gasteiger partial charge in [0.25, 0.3) is 0 Å². The lowest BCUT2D eigenvalue weighted by atomic mass is 9.90. The molecule has 8 nitrogen and oxygen atoms in total. The fraction of sp³-hybridized carbons (Fsp3) is 0.733. The molecule has 2 aliphatic rings. The van der Waals surface area contributed by atoms with E-state index in [2.05, 4.69) is 9.88 Å². The summed E-state index contributed by atoms with van der Waals surface area (Å²) in [6, 6.07) is 0. The van der Waals surface area contributed by atoms with Crippen LogP contribution in [-0.2, 0) is 26.1 Å². The molecule has 160 valence electrons. The van der Waals surface area contributed by atoms with Gasteiger partial charge in [-0.05, 0) is 12.8 Å². The zero-order valence-electron chi connectivity index (χ0n) is 15.2. The predicted molar refractivity (Wildman–Crippen MR) is 95.4 cm³/mol. The molecule has 0 saturated carbocycles. The molecule has 1 aromatic rings. The summed E-state index contributed by atoms with van der Waals surface area (Å²) in [7, 11) is -3.08. The van der Waals surface area contributed by atoms with E-state index < -0.39 is 22.2 Å². The molecule has 1 N–H and O–H groups in total. The van der Waals surface area contributed by atoms with E-state index in [-0.39, 0.29) is 5.60 Å². The summed E-state index contributed by atoms with van der Waals surface area (Å²) in [5.74, 6) is -2.76. The second kappa shape index (κ2) is 9.03. The minimum absolute atomic E-state index is 0.184. The van der Waals surface area contributed by atoms with Crippen molar-refractivity contribution in [2.45, 2.75) is 31.2 Å². The van der Waals surface area contributed by atoms with Crippen LogP contribution in [0.2, 0.25) is 0 Å². The van der Waals surface area contributed by atoms with Gasteiger partial charge in [0, 0.05) is 37.8 Å². The number of hydrogen-bond donors (Lipinski definition) is 1. The second-order valence-corrected chi connectivity index (χ2v) is 9.59. The fourth-order valence-corrected chi connectivity index (χ4v) is 4.61. The van der Waals surface area contributed by atoms with Crippen LogP contribution < -0.4 is 0 Å². The van der Waals surface area contributed by atoms with E-state index >= 15 is 0 Å². The number of aliphatic carboxylic acids is 1. The van der Waals surface area contributed by atoms with E-state index in [1.165, 1.54) is 6.26 Å². The van der Waals surface area contributed by atoms with Gasteiger partial charge in [-0.2, -0.15) is 13.2 Å². The van der Waals surface area contributed by atoms with Crippen molar-refractivity contribution in [3.63, 3.8) is 0 Å². The van der Waals surface area contributed by atoms with E-state index in [0.29, 0.717) is 19.7 Å². The Morgan fingerprint density at radius 1 is 1.36 bits per heavy atom. The third kappa shape index (κ3) is 6.65. The maximum atomic E-state index is 11.6. The van der Waals surface area contributed by atoms with Gasteiger partial charge in [-0.1, -0.05) is 0 Å². The number of thiazole rings is 1. The van der Waals surface area contributed by atoms with Crippen molar-refractivity contribution >= 4 is 27.3 Å². The summed E-state index contributed by atoms with van der Waals surface area (Å²) in [6.45, 7) is 4.47. The molecule has 2 fully saturated rings. The zero-order valence-corrected chi connectivity index (χ0v) is 16.8. The molecule has 2 aliphatic heterocycles. The van der Waals surface area contributed by atoms with Crippen LogP contribution in [0, 0.1) is 0 Å². The number of halogens is 3. The van der Waals surface area contributed by atoms with Gasteiger partial charge in [-0.15, -0.1) is 11.3 Å². The highest BCUT2D eigenvalue weighted by atomic mass is 32.2. The monoisotopic (exact) mass is 445 g/mol. The minimum Gasteiger partial charge on any atom is -0.475 e. The Hall–Kier alpha value is -1.28.